The van der Waals surface area contributed by atoms with Crippen LogP contribution in [0.15, 0.2) is 72.9 Å². The normalized spacial score (nSPS) is 10.6. The molecule has 1 N–H and O–H groups in total. The van der Waals surface area contributed by atoms with Crippen LogP contribution in [0.25, 0.3) is 20.8 Å². The van der Waals surface area contributed by atoms with E-state index in [-0.39, 0.29) is 12.5 Å². The number of fused-ring (bicyclic) bond motifs is 1. The molecule has 0 spiro atoms. The third-order valence-electron chi connectivity index (χ3n) is 3.68. The van der Waals surface area contributed by atoms with Crippen LogP contribution in [0.1, 0.15) is 0 Å². The summed E-state index contributed by atoms with van der Waals surface area (Å²) in [6.07, 6.45) is 1.71. The lowest BCUT2D eigenvalue weighted by atomic mass is 10.3. The van der Waals surface area contributed by atoms with Crippen molar-refractivity contribution in [3.63, 3.8) is 0 Å². The van der Waals surface area contributed by atoms with E-state index in [9.17, 15) is 4.79 Å². The van der Waals surface area contributed by atoms with Gasteiger partial charge in [0.1, 0.15) is 16.6 Å². The van der Waals surface area contributed by atoms with Crippen molar-refractivity contribution in [2.75, 3.05) is 11.9 Å². The fraction of sp³-hybridized carbons (Fsp3) is 0.0500. The van der Waals surface area contributed by atoms with E-state index < -0.39 is 0 Å². The minimum Gasteiger partial charge on any atom is -0.484 e. The van der Waals surface area contributed by atoms with Gasteiger partial charge in [-0.25, -0.2) is 9.97 Å². The van der Waals surface area contributed by atoms with Crippen molar-refractivity contribution < 1.29 is 9.53 Å². The lowest BCUT2D eigenvalue weighted by Gasteiger charge is -2.07. The third kappa shape index (κ3) is 3.70. The van der Waals surface area contributed by atoms with Crippen LogP contribution < -0.4 is 10.1 Å². The Morgan fingerprint density at radius 3 is 2.58 bits per heavy atom. The first-order valence-electron chi connectivity index (χ1n) is 8.08. The van der Waals surface area contributed by atoms with Gasteiger partial charge in [-0.2, -0.15) is 0 Å². The summed E-state index contributed by atoms with van der Waals surface area (Å²) in [5.74, 6) is 0.882. The standard InChI is InChI=1S/C20H15N3O2S/c24-19(13-25-15-6-2-1-3-7-15)23-18-11-10-14(12-21-18)20-22-16-8-4-5-9-17(16)26-20/h1-12H,13H2,(H,21,23,24). The summed E-state index contributed by atoms with van der Waals surface area (Å²) in [5.41, 5.74) is 1.90. The molecule has 5 nitrogen and oxygen atoms in total. The molecule has 2 heterocycles. The van der Waals surface area contributed by atoms with Crippen molar-refractivity contribution in [1.29, 1.82) is 0 Å². The Kier molecular flexibility index (Phi) is 4.57. The van der Waals surface area contributed by atoms with Gasteiger partial charge < -0.3 is 10.1 Å². The van der Waals surface area contributed by atoms with Crippen LogP contribution in [0.5, 0.6) is 5.75 Å². The fourth-order valence-corrected chi connectivity index (χ4v) is 3.39. The Balaban J connectivity index is 1.40. The zero-order valence-electron chi connectivity index (χ0n) is 13.8. The number of amides is 1. The van der Waals surface area contributed by atoms with Crippen LogP contribution in [-0.4, -0.2) is 22.5 Å². The number of ether oxygens (including phenoxy) is 1. The molecule has 1 amide bonds. The highest BCUT2D eigenvalue weighted by Gasteiger charge is 2.08. The molecule has 6 heteroatoms. The maximum absolute atomic E-state index is 12.0. The molecule has 0 bridgehead atoms. The van der Waals surface area contributed by atoms with Crippen molar-refractivity contribution in [2.45, 2.75) is 0 Å². The van der Waals surface area contributed by atoms with E-state index in [0.29, 0.717) is 11.6 Å². The molecule has 0 saturated heterocycles. The molecule has 0 atom stereocenters. The van der Waals surface area contributed by atoms with Gasteiger partial charge in [-0.05, 0) is 36.4 Å². The maximum Gasteiger partial charge on any atom is 0.263 e. The molecule has 2 aromatic carbocycles. The van der Waals surface area contributed by atoms with Crippen LogP contribution in [0, 0.1) is 0 Å². The Morgan fingerprint density at radius 2 is 1.81 bits per heavy atom. The van der Waals surface area contributed by atoms with E-state index in [4.69, 9.17) is 4.74 Å². The van der Waals surface area contributed by atoms with Gasteiger partial charge in [-0.3, -0.25) is 4.79 Å². The highest BCUT2D eigenvalue weighted by atomic mass is 32.1. The van der Waals surface area contributed by atoms with Crippen molar-refractivity contribution in [3.8, 4) is 16.3 Å². The van der Waals surface area contributed by atoms with Crippen molar-refractivity contribution in [2.24, 2.45) is 0 Å². The van der Waals surface area contributed by atoms with E-state index in [1.54, 1.807) is 35.7 Å². The molecule has 0 aliphatic carbocycles. The summed E-state index contributed by atoms with van der Waals surface area (Å²) in [6.45, 7) is -0.0642. The number of pyridine rings is 1. The van der Waals surface area contributed by atoms with Crippen LogP contribution in [0.3, 0.4) is 0 Å². The van der Waals surface area contributed by atoms with E-state index in [2.05, 4.69) is 15.3 Å². The number of thiazole rings is 1. The topological polar surface area (TPSA) is 64.1 Å². The molecular formula is C20H15N3O2S. The second kappa shape index (κ2) is 7.33. The van der Waals surface area contributed by atoms with Crippen LogP contribution in [-0.2, 0) is 4.79 Å². The second-order valence-corrected chi connectivity index (χ2v) is 6.60. The molecule has 4 aromatic rings. The van der Waals surface area contributed by atoms with Gasteiger partial charge in [-0.15, -0.1) is 11.3 Å². The molecule has 0 unspecified atom stereocenters. The highest BCUT2D eigenvalue weighted by molar-refractivity contribution is 7.21. The van der Waals surface area contributed by atoms with Crippen LogP contribution >= 0.6 is 11.3 Å². The van der Waals surface area contributed by atoms with Gasteiger partial charge in [-0.1, -0.05) is 30.3 Å². The lowest BCUT2D eigenvalue weighted by Crippen LogP contribution is -2.20. The summed E-state index contributed by atoms with van der Waals surface area (Å²) in [4.78, 5) is 20.9. The molecule has 4 rings (SSSR count). The SMILES string of the molecule is O=C(COc1ccccc1)Nc1ccc(-c2nc3ccccc3s2)cn1. The van der Waals surface area contributed by atoms with E-state index in [0.717, 1.165) is 20.8 Å². The predicted octanol–water partition coefficient (Wildman–Crippen LogP) is 4.38. The van der Waals surface area contributed by atoms with E-state index >= 15 is 0 Å². The molecule has 0 aliphatic rings. The number of nitrogens with one attached hydrogen (secondary N) is 1. The third-order valence-corrected chi connectivity index (χ3v) is 4.77. The molecule has 0 aliphatic heterocycles. The van der Waals surface area contributed by atoms with Gasteiger partial charge in [0.2, 0.25) is 0 Å². The first-order valence-corrected chi connectivity index (χ1v) is 8.89. The molecular weight excluding hydrogens is 346 g/mol. The molecule has 2 aromatic heterocycles. The van der Waals surface area contributed by atoms with Crippen LogP contribution in [0.4, 0.5) is 5.82 Å². The van der Waals surface area contributed by atoms with E-state index in [1.807, 2.05) is 48.5 Å². The second-order valence-electron chi connectivity index (χ2n) is 5.57. The first kappa shape index (κ1) is 16.2. The summed E-state index contributed by atoms with van der Waals surface area (Å²) in [6, 6.07) is 20.9. The number of nitrogens with zero attached hydrogens (tertiary/aromatic N) is 2. The molecule has 128 valence electrons. The number of carbonyl (C=O) groups is 1. The van der Waals surface area contributed by atoms with Gasteiger partial charge in [0.25, 0.3) is 5.91 Å². The Morgan fingerprint density at radius 1 is 1.00 bits per heavy atom. The Hall–Kier alpha value is -3.25. The lowest BCUT2D eigenvalue weighted by molar-refractivity contribution is -0.118. The number of aromatic nitrogens is 2. The number of rotatable bonds is 5. The number of hydrogen-bond acceptors (Lipinski definition) is 5. The number of hydrogen-bond donors (Lipinski definition) is 1. The number of carbonyl (C=O) groups excluding carboxylic acids is 1. The summed E-state index contributed by atoms with van der Waals surface area (Å²) < 4.78 is 6.56. The summed E-state index contributed by atoms with van der Waals surface area (Å²) in [5, 5.41) is 3.63. The Labute approximate surface area is 154 Å². The minimum absolute atomic E-state index is 0.0642. The quantitative estimate of drug-likeness (QED) is 0.573. The number of anilines is 1. The molecule has 0 fully saturated rings. The van der Waals surface area contributed by atoms with Gasteiger partial charge in [0.05, 0.1) is 10.2 Å². The van der Waals surface area contributed by atoms with Gasteiger partial charge in [0, 0.05) is 11.8 Å². The summed E-state index contributed by atoms with van der Waals surface area (Å²) >= 11 is 1.62. The first-order chi connectivity index (χ1) is 12.8. The van der Waals surface area contributed by atoms with Gasteiger partial charge in [0.15, 0.2) is 6.61 Å². The smallest absolute Gasteiger partial charge is 0.263 e. The van der Waals surface area contributed by atoms with Crippen molar-refractivity contribution >= 4 is 33.3 Å². The zero-order chi connectivity index (χ0) is 17.8. The van der Waals surface area contributed by atoms with E-state index in [1.165, 1.54) is 0 Å². The average molecular weight is 361 g/mol. The molecule has 0 radical (unpaired) electrons. The Bertz CT molecular complexity index is 997. The molecule has 0 saturated carbocycles. The maximum atomic E-state index is 12.0. The minimum atomic E-state index is -0.255. The van der Waals surface area contributed by atoms with Gasteiger partial charge >= 0.3 is 0 Å². The van der Waals surface area contributed by atoms with Crippen molar-refractivity contribution in [1.82, 2.24) is 9.97 Å². The molecule has 26 heavy (non-hydrogen) atoms. The number of benzene rings is 2. The number of para-hydroxylation sites is 2. The zero-order valence-corrected chi connectivity index (χ0v) is 14.6. The van der Waals surface area contributed by atoms with Crippen LogP contribution in [0.2, 0.25) is 0 Å². The highest BCUT2D eigenvalue weighted by Crippen LogP contribution is 2.29. The largest absolute Gasteiger partial charge is 0.484 e. The summed E-state index contributed by atoms with van der Waals surface area (Å²) in [7, 11) is 0. The predicted molar refractivity (Wildman–Crippen MR) is 103 cm³/mol. The monoisotopic (exact) mass is 361 g/mol. The van der Waals surface area contributed by atoms with Crippen molar-refractivity contribution in [3.05, 3.63) is 72.9 Å². The average Bonchev–Trinajstić information content (AvgIpc) is 3.12. The fourth-order valence-electron chi connectivity index (χ4n) is 2.43.